The summed E-state index contributed by atoms with van der Waals surface area (Å²) in [5.74, 6) is 0.934. The van der Waals surface area contributed by atoms with E-state index in [0.29, 0.717) is 17.8 Å². The molecule has 3 aromatic rings. The van der Waals surface area contributed by atoms with Gasteiger partial charge in [0.25, 0.3) is 0 Å². The highest BCUT2D eigenvalue weighted by Crippen LogP contribution is 2.38. The van der Waals surface area contributed by atoms with Gasteiger partial charge in [-0.15, -0.1) is 0 Å². The van der Waals surface area contributed by atoms with E-state index in [0.717, 1.165) is 18.0 Å². The number of aryl methyl sites for hydroxylation is 1. The van der Waals surface area contributed by atoms with Crippen molar-refractivity contribution in [2.75, 3.05) is 11.4 Å². The van der Waals surface area contributed by atoms with Crippen LogP contribution in [-0.4, -0.2) is 22.9 Å². The fourth-order valence-electron chi connectivity index (χ4n) is 2.58. The summed E-state index contributed by atoms with van der Waals surface area (Å²) in [5, 5.41) is -0.391. The van der Waals surface area contributed by atoms with Crippen molar-refractivity contribution in [3.8, 4) is 11.6 Å². The minimum atomic E-state index is -4.57. The molecule has 0 unspecified atom stereocenters. The molecule has 0 atom stereocenters. The first-order valence-electron chi connectivity index (χ1n) is 9.01. The van der Waals surface area contributed by atoms with Gasteiger partial charge in [-0.05, 0) is 50.2 Å². The van der Waals surface area contributed by atoms with Crippen LogP contribution in [-0.2, 0) is 6.18 Å². The lowest BCUT2D eigenvalue weighted by molar-refractivity contribution is -0.137. The number of alkyl halides is 3. The van der Waals surface area contributed by atoms with Gasteiger partial charge >= 0.3 is 6.18 Å². The number of pyridine rings is 2. The summed E-state index contributed by atoms with van der Waals surface area (Å²) in [6.45, 7) is 4.38. The molecule has 3 rings (SSSR count). The Labute approximate surface area is 176 Å². The molecule has 0 fully saturated rings. The van der Waals surface area contributed by atoms with Crippen molar-refractivity contribution in [1.82, 2.24) is 9.97 Å². The van der Waals surface area contributed by atoms with Gasteiger partial charge in [-0.2, -0.15) is 13.2 Å². The van der Waals surface area contributed by atoms with E-state index < -0.39 is 16.8 Å². The molecule has 30 heavy (non-hydrogen) atoms. The summed E-state index contributed by atoms with van der Waals surface area (Å²) in [6, 6.07) is 10.7. The Kier molecular flexibility index (Phi) is 6.56. The van der Waals surface area contributed by atoms with Crippen LogP contribution in [0.4, 0.5) is 24.7 Å². The highest BCUT2D eigenvalue weighted by Gasteiger charge is 2.33. The Hall–Kier alpha value is -3.13. The van der Waals surface area contributed by atoms with Crippen molar-refractivity contribution in [3.05, 3.63) is 71.0 Å². The maximum absolute atomic E-state index is 13.0. The zero-order valence-electron chi connectivity index (χ0n) is 16.2. The molecule has 5 nitrogen and oxygen atoms in total. The van der Waals surface area contributed by atoms with E-state index in [1.165, 1.54) is 12.3 Å². The van der Waals surface area contributed by atoms with Crippen LogP contribution in [0, 0.1) is 6.92 Å². The number of benzene rings is 1. The van der Waals surface area contributed by atoms with E-state index in [9.17, 15) is 13.2 Å². The largest absolute Gasteiger partial charge is 0.439 e. The molecule has 1 aromatic carbocycles. The molecule has 2 aromatic heterocycles. The van der Waals surface area contributed by atoms with Crippen molar-refractivity contribution in [2.45, 2.75) is 20.0 Å². The number of aliphatic imine (C=N–C) groups is 1. The Bertz CT molecular complexity index is 1040. The lowest BCUT2D eigenvalue weighted by atomic mass is 10.2. The van der Waals surface area contributed by atoms with Crippen LogP contribution in [0.2, 0.25) is 5.02 Å². The van der Waals surface area contributed by atoms with E-state index >= 15 is 0 Å². The van der Waals surface area contributed by atoms with E-state index in [-0.39, 0.29) is 11.6 Å². The Morgan fingerprint density at radius 2 is 1.97 bits per heavy atom. The summed E-state index contributed by atoms with van der Waals surface area (Å²) >= 11 is 5.64. The minimum Gasteiger partial charge on any atom is -0.439 e. The molecular weight excluding hydrogens is 417 g/mol. The van der Waals surface area contributed by atoms with Crippen LogP contribution in [0.5, 0.6) is 11.6 Å². The maximum Gasteiger partial charge on any atom is 0.417 e. The number of nitrogens with zero attached hydrogens (tertiary/aromatic N) is 4. The third-order valence-electron chi connectivity index (χ3n) is 4.10. The standard InChI is InChI=1S/C21H18ClF3N4O/c1-3-29(19-6-4-5-9-26-19)13-28-15-10-14(2)20(27-12-15)30-16-7-8-18(22)17(11-16)21(23,24)25/h4-13H,3H2,1-2H3. The van der Waals surface area contributed by atoms with Gasteiger partial charge in [-0.1, -0.05) is 17.7 Å². The average Bonchev–Trinajstić information content (AvgIpc) is 2.71. The second-order valence-electron chi connectivity index (χ2n) is 6.28. The van der Waals surface area contributed by atoms with Crippen LogP contribution < -0.4 is 9.64 Å². The fourth-order valence-corrected chi connectivity index (χ4v) is 2.81. The fraction of sp³-hybridized carbons (Fsp3) is 0.190. The first-order valence-corrected chi connectivity index (χ1v) is 9.39. The molecule has 0 saturated carbocycles. The number of ether oxygens (including phenoxy) is 1. The highest BCUT2D eigenvalue weighted by molar-refractivity contribution is 6.31. The zero-order chi connectivity index (χ0) is 21.7. The van der Waals surface area contributed by atoms with E-state index in [1.807, 2.05) is 30.0 Å². The Morgan fingerprint density at radius 3 is 2.60 bits per heavy atom. The number of rotatable bonds is 6. The van der Waals surface area contributed by atoms with Crippen LogP contribution in [0.15, 0.2) is 59.9 Å². The van der Waals surface area contributed by atoms with Gasteiger partial charge in [0.05, 0.1) is 28.8 Å². The zero-order valence-corrected chi connectivity index (χ0v) is 16.9. The van der Waals surface area contributed by atoms with Crippen LogP contribution >= 0.6 is 11.6 Å². The second kappa shape index (κ2) is 9.13. The first kappa shape index (κ1) is 21.6. The van der Waals surface area contributed by atoms with Gasteiger partial charge in [-0.25, -0.2) is 15.0 Å². The molecule has 0 N–H and O–H groups in total. The lowest BCUT2D eigenvalue weighted by Gasteiger charge is -2.15. The van der Waals surface area contributed by atoms with Gasteiger partial charge in [-0.3, -0.25) is 0 Å². The molecule has 0 spiro atoms. The van der Waals surface area contributed by atoms with E-state index in [1.54, 1.807) is 25.5 Å². The number of anilines is 1. The monoisotopic (exact) mass is 434 g/mol. The Balaban J connectivity index is 1.77. The topological polar surface area (TPSA) is 50.6 Å². The van der Waals surface area contributed by atoms with Crippen LogP contribution in [0.3, 0.4) is 0 Å². The molecule has 9 heteroatoms. The predicted molar refractivity (Wildman–Crippen MR) is 111 cm³/mol. The molecule has 2 heterocycles. The molecular formula is C21H18ClF3N4O. The molecule has 0 aliphatic carbocycles. The van der Waals surface area contributed by atoms with Gasteiger partial charge < -0.3 is 9.64 Å². The maximum atomic E-state index is 13.0. The Morgan fingerprint density at radius 1 is 1.17 bits per heavy atom. The van der Waals surface area contributed by atoms with Crippen LogP contribution in [0.25, 0.3) is 0 Å². The van der Waals surface area contributed by atoms with Gasteiger partial charge in [0, 0.05) is 18.3 Å². The van der Waals surface area contributed by atoms with Crippen molar-refractivity contribution in [3.63, 3.8) is 0 Å². The highest BCUT2D eigenvalue weighted by atomic mass is 35.5. The smallest absolute Gasteiger partial charge is 0.417 e. The van der Waals surface area contributed by atoms with Crippen molar-refractivity contribution in [2.24, 2.45) is 4.99 Å². The minimum absolute atomic E-state index is 0.00844. The van der Waals surface area contributed by atoms with Gasteiger partial charge in [0.2, 0.25) is 5.88 Å². The van der Waals surface area contributed by atoms with Crippen LogP contribution in [0.1, 0.15) is 18.1 Å². The number of hydrogen-bond donors (Lipinski definition) is 0. The number of aromatic nitrogens is 2. The second-order valence-corrected chi connectivity index (χ2v) is 6.68. The normalized spacial score (nSPS) is 11.7. The molecule has 0 saturated heterocycles. The van der Waals surface area contributed by atoms with Crippen molar-refractivity contribution in [1.29, 1.82) is 0 Å². The molecule has 0 radical (unpaired) electrons. The summed E-state index contributed by atoms with van der Waals surface area (Å²) in [7, 11) is 0. The number of halogens is 4. The van der Waals surface area contributed by atoms with E-state index in [4.69, 9.17) is 16.3 Å². The molecule has 0 bridgehead atoms. The lowest BCUT2D eigenvalue weighted by Crippen LogP contribution is -2.21. The third kappa shape index (κ3) is 5.27. The summed E-state index contributed by atoms with van der Waals surface area (Å²) in [5.41, 5.74) is 0.227. The van der Waals surface area contributed by atoms with Gasteiger partial charge in [0.1, 0.15) is 11.6 Å². The predicted octanol–water partition coefficient (Wildman–Crippen LogP) is 6.44. The molecule has 156 valence electrons. The third-order valence-corrected chi connectivity index (χ3v) is 4.43. The molecule has 0 aliphatic heterocycles. The quantitative estimate of drug-likeness (QED) is 0.331. The first-order chi connectivity index (χ1) is 14.3. The average molecular weight is 435 g/mol. The summed E-state index contributed by atoms with van der Waals surface area (Å²) in [4.78, 5) is 14.7. The van der Waals surface area contributed by atoms with Crippen molar-refractivity contribution >= 4 is 29.4 Å². The van der Waals surface area contributed by atoms with Gasteiger partial charge in [0.15, 0.2) is 0 Å². The summed E-state index contributed by atoms with van der Waals surface area (Å²) in [6.07, 6.45) is 0.251. The summed E-state index contributed by atoms with van der Waals surface area (Å²) < 4.78 is 44.6. The molecule has 0 amide bonds. The van der Waals surface area contributed by atoms with E-state index in [2.05, 4.69) is 15.0 Å². The SMILES string of the molecule is CCN(C=Nc1cnc(Oc2ccc(Cl)c(C(F)(F)F)c2)c(C)c1)c1ccccn1. The molecule has 0 aliphatic rings. The van der Waals surface area contributed by atoms with Crippen molar-refractivity contribution < 1.29 is 17.9 Å². The number of hydrogen-bond acceptors (Lipinski definition) is 4.